The second kappa shape index (κ2) is 5.65. The molecule has 0 fully saturated rings. The van der Waals surface area contributed by atoms with Crippen molar-refractivity contribution in [2.45, 2.75) is 20.4 Å². The third-order valence-corrected chi connectivity index (χ3v) is 2.74. The topological polar surface area (TPSA) is 64.5 Å². The Morgan fingerprint density at radius 3 is 2.74 bits per heavy atom. The molecule has 0 aliphatic rings. The van der Waals surface area contributed by atoms with Gasteiger partial charge in [-0.25, -0.2) is 0 Å². The summed E-state index contributed by atoms with van der Waals surface area (Å²) in [5.41, 5.74) is 6.36. The molecular weight excluding hydrogens is 242 g/mol. The van der Waals surface area contributed by atoms with E-state index in [1.165, 1.54) is 0 Å². The molecule has 19 heavy (non-hydrogen) atoms. The van der Waals surface area contributed by atoms with Gasteiger partial charge in [0.1, 0.15) is 17.3 Å². The standard InChI is InChI=1S/C14H19N3O2/c1-4-18-14-12(15)7-8-13(16-14)17(3)9-11-6-5-10(2)19-11/h5-8H,4,9,15H2,1-3H3. The van der Waals surface area contributed by atoms with Crippen molar-refractivity contribution in [3.05, 3.63) is 35.8 Å². The van der Waals surface area contributed by atoms with Crippen LogP contribution in [-0.2, 0) is 6.54 Å². The van der Waals surface area contributed by atoms with Gasteiger partial charge in [0.05, 0.1) is 18.8 Å². The van der Waals surface area contributed by atoms with Crippen LogP contribution < -0.4 is 15.4 Å². The first-order valence-corrected chi connectivity index (χ1v) is 6.26. The molecule has 0 aliphatic heterocycles. The Kier molecular flexibility index (Phi) is 3.94. The summed E-state index contributed by atoms with van der Waals surface area (Å²) in [7, 11) is 1.95. The molecule has 0 aromatic carbocycles. The van der Waals surface area contributed by atoms with Gasteiger partial charge in [-0.3, -0.25) is 0 Å². The molecule has 2 rings (SSSR count). The number of pyridine rings is 1. The highest BCUT2D eigenvalue weighted by Crippen LogP contribution is 2.23. The Morgan fingerprint density at radius 2 is 2.11 bits per heavy atom. The molecule has 0 saturated heterocycles. The van der Waals surface area contributed by atoms with E-state index in [-0.39, 0.29) is 0 Å². The molecule has 0 amide bonds. The van der Waals surface area contributed by atoms with Gasteiger partial charge in [0, 0.05) is 7.05 Å². The van der Waals surface area contributed by atoms with Gasteiger partial charge in [-0.2, -0.15) is 4.98 Å². The van der Waals surface area contributed by atoms with Gasteiger partial charge in [-0.15, -0.1) is 0 Å². The maximum Gasteiger partial charge on any atom is 0.239 e. The van der Waals surface area contributed by atoms with Crippen molar-refractivity contribution in [2.24, 2.45) is 0 Å². The third-order valence-electron chi connectivity index (χ3n) is 2.74. The lowest BCUT2D eigenvalue weighted by Gasteiger charge is -2.18. The molecule has 2 aromatic rings. The van der Waals surface area contributed by atoms with Crippen LogP contribution in [0.1, 0.15) is 18.4 Å². The van der Waals surface area contributed by atoms with Gasteiger partial charge in [-0.1, -0.05) is 0 Å². The van der Waals surface area contributed by atoms with Crippen molar-refractivity contribution >= 4 is 11.5 Å². The number of aryl methyl sites for hydroxylation is 1. The van der Waals surface area contributed by atoms with Gasteiger partial charge >= 0.3 is 0 Å². The van der Waals surface area contributed by atoms with Crippen LogP contribution in [0.3, 0.4) is 0 Å². The van der Waals surface area contributed by atoms with Gasteiger partial charge in [-0.05, 0) is 38.1 Å². The highest BCUT2D eigenvalue weighted by atomic mass is 16.5. The average molecular weight is 261 g/mol. The fourth-order valence-electron chi connectivity index (χ4n) is 1.79. The second-order valence-electron chi connectivity index (χ2n) is 4.37. The Labute approximate surface area is 113 Å². The molecule has 0 saturated carbocycles. The van der Waals surface area contributed by atoms with E-state index in [1.54, 1.807) is 6.07 Å². The summed E-state index contributed by atoms with van der Waals surface area (Å²) in [6, 6.07) is 7.59. The smallest absolute Gasteiger partial charge is 0.239 e. The predicted molar refractivity (Wildman–Crippen MR) is 75.4 cm³/mol. The van der Waals surface area contributed by atoms with Gasteiger partial charge in [0.25, 0.3) is 0 Å². The number of hydrogen-bond acceptors (Lipinski definition) is 5. The van der Waals surface area contributed by atoms with Crippen LogP contribution in [0.2, 0.25) is 0 Å². The van der Waals surface area contributed by atoms with E-state index < -0.39 is 0 Å². The minimum Gasteiger partial charge on any atom is -0.476 e. The summed E-state index contributed by atoms with van der Waals surface area (Å²) >= 11 is 0. The van der Waals surface area contributed by atoms with E-state index in [0.29, 0.717) is 24.7 Å². The number of nitrogen functional groups attached to an aromatic ring is 1. The van der Waals surface area contributed by atoms with Crippen molar-refractivity contribution in [3.8, 4) is 5.88 Å². The van der Waals surface area contributed by atoms with Crippen molar-refractivity contribution in [2.75, 3.05) is 24.3 Å². The Hall–Kier alpha value is -2.17. The first kappa shape index (κ1) is 13.3. The predicted octanol–water partition coefficient (Wildman–Crippen LogP) is 2.60. The molecule has 0 unspecified atom stereocenters. The van der Waals surface area contributed by atoms with Crippen molar-refractivity contribution < 1.29 is 9.15 Å². The molecule has 5 nitrogen and oxygen atoms in total. The lowest BCUT2D eigenvalue weighted by Crippen LogP contribution is -2.17. The van der Waals surface area contributed by atoms with Crippen LogP contribution in [0.25, 0.3) is 0 Å². The molecule has 2 heterocycles. The Morgan fingerprint density at radius 1 is 1.32 bits per heavy atom. The Bertz CT molecular complexity index is 551. The van der Waals surface area contributed by atoms with Crippen LogP contribution in [0.5, 0.6) is 5.88 Å². The number of rotatable bonds is 5. The molecule has 102 valence electrons. The zero-order valence-corrected chi connectivity index (χ0v) is 11.5. The number of ether oxygens (including phenoxy) is 1. The number of hydrogen-bond donors (Lipinski definition) is 1. The van der Waals surface area contributed by atoms with Crippen molar-refractivity contribution in [3.63, 3.8) is 0 Å². The van der Waals surface area contributed by atoms with E-state index in [0.717, 1.165) is 17.3 Å². The fourth-order valence-corrected chi connectivity index (χ4v) is 1.79. The summed E-state index contributed by atoms with van der Waals surface area (Å²) < 4.78 is 10.9. The zero-order valence-electron chi connectivity index (χ0n) is 11.5. The lowest BCUT2D eigenvalue weighted by molar-refractivity contribution is 0.329. The molecule has 2 N–H and O–H groups in total. The van der Waals surface area contributed by atoms with Crippen LogP contribution in [0.15, 0.2) is 28.7 Å². The van der Waals surface area contributed by atoms with E-state index in [9.17, 15) is 0 Å². The van der Waals surface area contributed by atoms with E-state index in [4.69, 9.17) is 14.9 Å². The average Bonchev–Trinajstić information content (AvgIpc) is 2.77. The molecule has 0 radical (unpaired) electrons. The first-order chi connectivity index (χ1) is 9.10. The first-order valence-electron chi connectivity index (χ1n) is 6.26. The van der Waals surface area contributed by atoms with Crippen LogP contribution in [0, 0.1) is 6.92 Å². The number of aromatic nitrogens is 1. The summed E-state index contributed by atoms with van der Waals surface area (Å²) in [4.78, 5) is 6.39. The molecule has 0 bridgehead atoms. The molecule has 0 spiro atoms. The van der Waals surface area contributed by atoms with Crippen LogP contribution in [0.4, 0.5) is 11.5 Å². The molecule has 0 atom stereocenters. The largest absolute Gasteiger partial charge is 0.476 e. The number of nitrogens with two attached hydrogens (primary N) is 1. The monoisotopic (exact) mass is 261 g/mol. The van der Waals surface area contributed by atoms with Crippen LogP contribution in [-0.4, -0.2) is 18.6 Å². The quantitative estimate of drug-likeness (QED) is 0.896. The summed E-state index contributed by atoms with van der Waals surface area (Å²) in [5.74, 6) is 3.08. The van der Waals surface area contributed by atoms with Crippen molar-refractivity contribution in [1.82, 2.24) is 4.98 Å². The van der Waals surface area contributed by atoms with E-state index >= 15 is 0 Å². The Balaban J connectivity index is 2.14. The molecule has 0 aliphatic carbocycles. The van der Waals surface area contributed by atoms with Crippen LogP contribution >= 0.6 is 0 Å². The summed E-state index contributed by atoms with van der Waals surface area (Å²) in [5, 5.41) is 0. The second-order valence-corrected chi connectivity index (χ2v) is 4.37. The maximum absolute atomic E-state index is 5.81. The SMILES string of the molecule is CCOc1nc(N(C)Cc2ccc(C)o2)ccc1N. The molecule has 5 heteroatoms. The van der Waals surface area contributed by atoms with Crippen molar-refractivity contribution in [1.29, 1.82) is 0 Å². The number of nitrogens with zero attached hydrogens (tertiary/aromatic N) is 2. The number of furan rings is 1. The number of anilines is 2. The minimum absolute atomic E-state index is 0.475. The summed E-state index contributed by atoms with van der Waals surface area (Å²) in [6.07, 6.45) is 0. The van der Waals surface area contributed by atoms with Gasteiger partial charge in [0.2, 0.25) is 5.88 Å². The summed E-state index contributed by atoms with van der Waals surface area (Å²) in [6.45, 7) is 5.03. The molecular formula is C14H19N3O2. The third kappa shape index (κ3) is 3.19. The molecule has 2 aromatic heterocycles. The van der Waals surface area contributed by atoms with E-state index in [2.05, 4.69) is 4.98 Å². The highest BCUT2D eigenvalue weighted by molar-refractivity contribution is 5.54. The highest BCUT2D eigenvalue weighted by Gasteiger charge is 2.09. The lowest BCUT2D eigenvalue weighted by atomic mass is 10.3. The maximum atomic E-state index is 5.81. The van der Waals surface area contributed by atoms with Gasteiger partial charge in [0.15, 0.2) is 0 Å². The van der Waals surface area contributed by atoms with E-state index in [1.807, 2.05) is 44.0 Å². The zero-order chi connectivity index (χ0) is 13.8. The van der Waals surface area contributed by atoms with Gasteiger partial charge < -0.3 is 19.8 Å². The fraction of sp³-hybridized carbons (Fsp3) is 0.357. The normalized spacial score (nSPS) is 10.5. The minimum atomic E-state index is 0.475.